The summed E-state index contributed by atoms with van der Waals surface area (Å²) in [6, 6.07) is 3.10. The van der Waals surface area contributed by atoms with Gasteiger partial charge in [-0.3, -0.25) is 0 Å². The summed E-state index contributed by atoms with van der Waals surface area (Å²) in [5.74, 6) is -0.841. The van der Waals surface area contributed by atoms with Crippen LogP contribution in [0, 0.1) is 0 Å². The van der Waals surface area contributed by atoms with Gasteiger partial charge in [0, 0.05) is 12.7 Å². The molecule has 1 atom stereocenters. The number of hydrogen-bond donors (Lipinski definition) is 0. The summed E-state index contributed by atoms with van der Waals surface area (Å²) in [5.41, 5.74) is 0.230. The normalized spacial score (nSPS) is 17.6. The number of fused-ring (bicyclic) bond motifs is 1. The third kappa shape index (κ3) is 4.27. The maximum Gasteiger partial charge on any atom is 0.426 e. The molecule has 0 N–H and O–H groups in total. The second kappa shape index (κ2) is 9.54. The molecular formula is C18H25N3O6S. The van der Waals surface area contributed by atoms with Gasteiger partial charge < -0.3 is 14.4 Å². The molecule has 10 heteroatoms. The van der Waals surface area contributed by atoms with E-state index in [1.54, 1.807) is 13.0 Å². The van der Waals surface area contributed by atoms with E-state index in [4.69, 9.17) is 9.47 Å². The first-order valence-electron chi connectivity index (χ1n) is 9.10. The van der Waals surface area contributed by atoms with Crippen LogP contribution in [0.3, 0.4) is 0 Å². The third-order valence-electron chi connectivity index (χ3n) is 4.13. The Bertz CT molecular complexity index is 826. The van der Waals surface area contributed by atoms with Crippen molar-refractivity contribution >= 4 is 27.8 Å². The van der Waals surface area contributed by atoms with Crippen molar-refractivity contribution in [2.24, 2.45) is 0 Å². The number of esters is 1. The highest BCUT2D eigenvalue weighted by atomic mass is 32.2. The zero-order chi connectivity index (χ0) is 20.7. The molecule has 0 saturated heterocycles. The predicted octanol–water partition coefficient (Wildman–Crippen LogP) is 2.29. The van der Waals surface area contributed by atoms with Crippen molar-refractivity contribution < 1.29 is 27.5 Å². The SMILES string of the molecule is C=CCOC(=O)N1C(C(=O)OCCCCC)N(CC)c2cccnc2S1(=O)=O. The number of sulfonamides is 1. The highest BCUT2D eigenvalue weighted by Gasteiger charge is 2.51. The molecule has 154 valence electrons. The highest BCUT2D eigenvalue weighted by molar-refractivity contribution is 7.89. The Labute approximate surface area is 165 Å². The van der Waals surface area contributed by atoms with Crippen LogP contribution in [0.25, 0.3) is 0 Å². The fourth-order valence-electron chi connectivity index (χ4n) is 2.84. The van der Waals surface area contributed by atoms with Crippen LogP contribution in [0.1, 0.15) is 33.1 Å². The maximum absolute atomic E-state index is 13.1. The van der Waals surface area contributed by atoms with E-state index in [0.29, 0.717) is 10.7 Å². The van der Waals surface area contributed by atoms with E-state index in [1.165, 1.54) is 23.2 Å². The van der Waals surface area contributed by atoms with Crippen LogP contribution in [0.15, 0.2) is 36.0 Å². The lowest BCUT2D eigenvalue weighted by Crippen LogP contribution is -2.61. The van der Waals surface area contributed by atoms with Crippen molar-refractivity contribution in [1.82, 2.24) is 9.29 Å². The molecule has 0 spiro atoms. The van der Waals surface area contributed by atoms with Crippen molar-refractivity contribution in [3.63, 3.8) is 0 Å². The number of nitrogens with zero attached hydrogens (tertiary/aromatic N) is 3. The Morgan fingerprint density at radius 2 is 2.04 bits per heavy atom. The molecule has 1 amide bonds. The zero-order valence-electron chi connectivity index (χ0n) is 16.0. The summed E-state index contributed by atoms with van der Waals surface area (Å²) in [6.07, 6.45) is 2.36. The summed E-state index contributed by atoms with van der Waals surface area (Å²) >= 11 is 0. The zero-order valence-corrected chi connectivity index (χ0v) is 16.9. The lowest BCUT2D eigenvalue weighted by Gasteiger charge is -2.41. The summed E-state index contributed by atoms with van der Waals surface area (Å²) < 4.78 is 36.7. The number of rotatable bonds is 8. The molecule has 1 aromatic heterocycles. The van der Waals surface area contributed by atoms with E-state index >= 15 is 0 Å². The average molecular weight is 411 g/mol. The van der Waals surface area contributed by atoms with E-state index in [9.17, 15) is 18.0 Å². The van der Waals surface area contributed by atoms with Crippen molar-refractivity contribution in [2.45, 2.75) is 44.3 Å². The fraction of sp³-hybridized carbons (Fsp3) is 0.500. The molecule has 28 heavy (non-hydrogen) atoms. The predicted molar refractivity (Wildman–Crippen MR) is 102 cm³/mol. The van der Waals surface area contributed by atoms with Gasteiger partial charge in [0.2, 0.25) is 6.17 Å². The Hall–Kier alpha value is -2.62. The lowest BCUT2D eigenvalue weighted by molar-refractivity contribution is -0.148. The monoisotopic (exact) mass is 411 g/mol. The number of pyridine rings is 1. The number of likely N-dealkylation sites (N-methyl/N-ethyl adjacent to an activating group) is 1. The Balaban J connectivity index is 2.48. The number of aromatic nitrogens is 1. The van der Waals surface area contributed by atoms with Gasteiger partial charge in [-0.25, -0.2) is 14.6 Å². The van der Waals surface area contributed by atoms with Crippen molar-refractivity contribution in [2.75, 3.05) is 24.7 Å². The van der Waals surface area contributed by atoms with Crippen molar-refractivity contribution in [3.8, 4) is 0 Å². The van der Waals surface area contributed by atoms with Gasteiger partial charge in [-0.05, 0) is 25.5 Å². The molecule has 1 aromatic rings. The number of carbonyl (C=O) groups is 2. The van der Waals surface area contributed by atoms with Gasteiger partial charge in [-0.2, -0.15) is 12.7 Å². The fourth-order valence-corrected chi connectivity index (χ4v) is 4.38. The van der Waals surface area contributed by atoms with Gasteiger partial charge in [0.15, 0.2) is 5.03 Å². The number of hydrogen-bond acceptors (Lipinski definition) is 8. The van der Waals surface area contributed by atoms with Crippen molar-refractivity contribution in [1.29, 1.82) is 0 Å². The van der Waals surface area contributed by atoms with Crippen LogP contribution in [0.2, 0.25) is 0 Å². The molecule has 0 aliphatic carbocycles. The molecule has 0 fully saturated rings. The topological polar surface area (TPSA) is 106 Å². The Morgan fingerprint density at radius 1 is 1.29 bits per heavy atom. The molecule has 0 aromatic carbocycles. The standard InChI is InChI=1S/C18H25N3O6S/c1-4-7-8-13-26-17(22)16-20(6-3)14-10-9-11-19-15(14)28(24,25)21(16)18(23)27-12-5-2/h5,9-11,16H,2,4,6-8,12-13H2,1,3H3. The quantitative estimate of drug-likeness (QED) is 0.364. The molecular weight excluding hydrogens is 386 g/mol. The molecule has 0 radical (unpaired) electrons. The smallest absolute Gasteiger partial charge is 0.426 e. The minimum atomic E-state index is -4.41. The third-order valence-corrected chi connectivity index (χ3v) is 5.80. The number of carbonyl (C=O) groups excluding carboxylic acids is 2. The molecule has 1 aliphatic heterocycles. The van der Waals surface area contributed by atoms with Gasteiger partial charge >= 0.3 is 12.1 Å². The number of amides is 1. The summed E-state index contributed by atoms with van der Waals surface area (Å²) in [6.45, 7) is 7.35. The van der Waals surface area contributed by atoms with Crippen LogP contribution >= 0.6 is 0 Å². The van der Waals surface area contributed by atoms with E-state index < -0.39 is 28.3 Å². The van der Waals surface area contributed by atoms with Gasteiger partial charge in [0.25, 0.3) is 10.0 Å². The van der Waals surface area contributed by atoms with Gasteiger partial charge in [0.05, 0.1) is 12.3 Å². The molecule has 0 saturated carbocycles. The van der Waals surface area contributed by atoms with Crippen LogP contribution in [-0.4, -0.2) is 55.7 Å². The van der Waals surface area contributed by atoms with Gasteiger partial charge in [-0.15, -0.1) is 0 Å². The number of unbranched alkanes of at least 4 members (excludes halogenated alkanes) is 2. The van der Waals surface area contributed by atoms with Gasteiger partial charge in [0.1, 0.15) is 6.61 Å². The van der Waals surface area contributed by atoms with Crippen LogP contribution in [0.5, 0.6) is 0 Å². The Kier molecular flexibility index (Phi) is 7.38. The van der Waals surface area contributed by atoms with Gasteiger partial charge in [-0.1, -0.05) is 32.4 Å². The minimum absolute atomic E-state index is 0.135. The lowest BCUT2D eigenvalue weighted by atomic mass is 10.2. The second-order valence-corrected chi connectivity index (χ2v) is 7.76. The summed E-state index contributed by atoms with van der Waals surface area (Å²) in [5, 5.41) is -0.317. The first-order valence-corrected chi connectivity index (χ1v) is 10.5. The largest absolute Gasteiger partial charge is 0.463 e. The number of ether oxygens (including phenoxy) is 2. The van der Waals surface area contributed by atoms with Crippen LogP contribution < -0.4 is 4.90 Å². The van der Waals surface area contributed by atoms with Crippen LogP contribution in [-0.2, 0) is 24.3 Å². The summed E-state index contributed by atoms with van der Waals surface area (Å²) in [4.78, 5) is 30.7. The maximum atomic E-state index is 13.1. The van der Waals surface area contributed by atoms with E-state index in [2.05, 4.69) is 11.6 Å². The first-order chi connectivity index (χ1) is 13.4. The summed E-state index contributed by atoms with van der Waals surface area (Å²) in [7, 11) is -4.41. The molecule has 2 rings (SSSR count). The van der Waals surface area contributed by atoms with E-state index in [0.717, 1.165) is 12.8 Å². The average Bonchev–Trinajstić information content (AvgIpc) is 2.69. The second-order valence-electron chi connectivity index (χ2n) is 6.03. The molecule has 9 nitrogen and oxygen atoms in total. The number of anilines is 1. The first kappa shape index (κ1) is 21.7. The minimum Gasteiger partial charge on any atom is -0.463 e. The molecule has 0 bridgehead atoms. The molecule has 1 aliphatic rings. The van der Waals surface area contributed by atoms with Crippen molar-refractivity contribution in [3.05, 3.63) is 31.0 Å². The molecule has 1 unspecified atom stereocenters. The van der Waals surface area contributed by atoms with E-state index in [-0.39, 0.29) is 30.5 Å². The highest BCUT2D eigenvalue weighted by Crippen LogP contribution is 2.35. The Morgan fingerprint density at radius 3 is 2.68 bits per heavy atom. The van der Waals surface area contributed by atoms with Crippen LogP contribution in [0.4, 0.5) is 10.5 Å². The molecule has 2 heterocycles. The van der Waals surface area contributed by atoms with E-state index in [1.807, 2.05) is 6.92 Å².